The molecule has 1 fully saturated rings. The zero-order valence-electron chi connectivity index (χ0n) is 13.7. The second-order valence-electron chi connectivity index (χ2n) is 6.12. The van der Waals surface area contributed by atoms with Gasteiger partial charge in [0.15, 0.2) is 0 Å². The fourth-order valence-electron chi connectivity index (χ4n) is 3.16. The van der Waals surface area contributed by atoms with Crippen LogP contribution in [0.25, 0.3) is 10.9 Å². The molecule has 0 bridgehead atoms. The summed E-state index contributed by atoms with van der Waals surface area (Å²) in [6.07, 6.45) is 1.72. The molecule has 0 saturated carbocycles. The van der Waals surface area contributed by atoms with Gasteiger partial charge in [0.05, 0.1) is 18.1 Å². The molecule has 0 spiro atoms. The SMILES string of the molecule is O=C1C(Cl)C(c2ccc(O)cc2)N1NCC(=O)n1ccc2ccccc21. The molecule has 0 radical (unpaired) electrons. The fraction of sp³-hybridized carbons (Fsp3) is 0.158. The van der Waals surface area contributed by atoms with Crippen molar-refractivity contribution in [3.63, 3.8) is 0 Å². The zero-order valence-corrected chi connectivity index (χ0v) is 14.4. The number of aromatic hydroxyl groups is 1. The number of fused-ring (bicyclic) bond motifs is 1. The van der Waals surface area contributed by atoms with Crippen LogP contribution < -0.4 is 5.43 Å². The number of rotatable bonds is 4. The summed E-state index contributed by atoms with van der Waals surface area (Å²) in [6, 6.07) is 15.6. The Morgan fingerprint density at radius 3 is 2.62 bits per heavy atom. The molecule has 6 nitrogen and oxygen atoms in total. The Bertz CT molecular complexity index is 983. The first-order chi connectivity index (χ1) is 12.6. The summed E-state index contributed by atoms with van der Waals surface area (Å²) in [7, 11) is 0. The number of amides is 1. The Balaban J connectivity index is 1.48. The number of nitrogens with one attached hydrogen (secondary N) is 1. The number of aromatic nitrogens is 1. The quantitative estimate of drug-likeness (QED) is 0.547. The van der Waals surface area contributed by atoms with Gasteiger partial charge in [0.1, 0.15) is 11.1 Å². The van der Waals surface area contributed by atoms with Gasteiger partial charge in [-0.25, -0.2) is 5.43 Å². The van der Waals surface area contributed by atoms with Gasteiger partial charge in [0.2, 0.25) is 5.91 Å². The number of benzene rings is 2. The molecule has 1 aliphatic heterocycles. The minimum absolute atomic E-state index is 0.0391. The van der Waals surface area contributed by atoms with Crippen molar-refractivity contribution >= 4 is 34.3 Å². The number of hydrogen-bond acceptors (Lipinski definition) is 4. The second kappa shape index (κ2) is 6.48. The number of para-hydroxylation sites is 1. The highest BCUT2D eigenvalue weighted by atomic mass is 35.5. The molecule has 0 aliphatic carbocycles. The maximum atomic E-state index is 12.5. The monoisotopic (exact) mass is 369 g/mol. The van der Waals surface area contributed by atoms with Gasteiger partial charge in [-0.05, 0) is 29.8 Å². The molecule has 7 heteroatoms. The van der Waals surface area contributed by atoms with E-state index < -0.39 is 5.38 Å². The van der Waals surface area contributed by atoms with Crippen molar-refractivity contribution in [1.82, 2.24) is 15.0 Å². The van der Waals surface area contributed by atoms with Crippen molar-refractivity contribution in [3.05, 3.63) is 66.4 Å². The van der Waals surface area contributed by atoms with Crippen LogP contribution in [0.5, 0.6) is 5.75 Å². The predicted molar refractivity (Wildman–Crippen MR) is 97.9 cm³/mol. The molecule has 1 aliphatic rings. The molecular weight excluding hydrogens is 354 g/mol. The first-order valence-corrected chi connectivity index (χ1v) is 8.59. The molecule has 2 unspecified atom stereocenters. The summed E-state index contributed by atoms with van der Waals surface area (Å²) >= 11 is 6.14. The zero-order chi connectivity index (χ0) is 18.3. The molecule has 2 N–H and O–H groups in total. The maximum Gasteiger partial charge on any atom is 0.257 e. The van der Waals surface area contributed by atoms with E-state index in [-0.39, 0.29) is 30.2 Å². The third-order valence-corrected chi connectivity index (χ3v) is 4.96. The largest absolute Gasteiger partial charge is 0.508 e. The van der Waals surface area contributed by atoms with E-state index in [2.05, 4.69) is 5.43 Å². The smallest absolute Gasteiger partial charge is 0.257 e. The summed E-state index contributed by atoms with van der Waals surface area (Å²) in [5, 5.41) is 11.0. The highest BCUT2D eigenvalue weighted by Gasteiger charge is 2.47. The van der Waals surface area contributed by atoms with Crippen molar-refractivity contribution in [1.29, 1.82) is 0 Å². The Kier molecular flexibility index (Phi) is 4.14. The normalized spacial score (nSPS) is 19.6. The molecule has 2 atom stereocenters. The van der Waals surface area contributed by atoms with Crippen LogP contribution in [0.3, 0.4) is 0 Å². The lowest BCUT2D eigenvalue weighted by Crippen LogP contribution is -2.62. The number of hydrazine groups is 1. The predicted octanol–water partition coefficient (Wildman–Crippen LogP) is 2.68. The van der Waals surface area contributed by atoms with E-state index in [4.69, 9.17) is 11.6 Å². The molecule has 1 saturated heterocycles. The number of hydrogen-bond donors (Lipinski definition) is 2. The Hall–Kier alpha value is -2.83. The molecule has 2 heterocycles. The number of alkyl halides is 1. The molecule has 1 amide bonds. The van der Waals surface area contributed by atoms with Gasteiger partial charge in [-0.15, -0.1) is 11.6 Å². The lowest BCUT2D eigenvalue weighted by Gasteiger charge is -2.44. The van der Waals surface area contributed by atoms with Crippen LogP contribution in [0.4, 0.5) is 0 Å². The minimum atomic E-state index is -0.699. The van der Waals surface area contributed by atoms with Crippen LogP contribution in [0.1, 0.15) is 16.4 Å². The molecule has 2 aromatic carbocycles. The number of phenols is 1. The highest BCUT2D eigenvalue weighted by Crippen LogP contribution is 2.37. The van der Waals surface area contributed by atoms with E-state index in [1.165, 1.54) is 17.1 Å². The summed E-state index contributed by atoms with van der Waals surface area (Å²) in [5.41, 5.74) is 4.49. The van der Waals surface area contributed by atoms with Crippen molar-refractivity contribution in [2.24, 2.45) is 0 Å². The molecule has 1 aromatic heterocycles. The lowest BCUT2D eigenvalue weighted by atomic mass is 9.95. The van der Waals surface area contributed by atoms with Crippen LogP contribution in [0.2, 0.25) is 0 Å². The van der Waals surface area contributed by atoms with Gasteiger partial charge >= 0.3 is 0 Å². The first kappa shape index (κ1) is 16.6. The van der Waals surface area contributed by atoms with E-state index in [0.717, 1.165) is 16.5 Å². The maximum absolute atomic E-state index is 12.5. The van der Waals surface area contributed by atoms with Crippen LogP contribution in [-0.4, -0.2) is 38.4 Å². The number of halogens is 1. The van der Waals surface area contributed by atoms with Gasteiger partial charge in [-0.1, -0.05) is 30.3 Å². The van der Waals surface area contributed by atoms with Crippen molar-refractivity contribution in [2.75, 3.05) is 6.54 Å². The number of phenolic OH excluding ortho intramolecular Hbond substituents is 1. The summed E-state index contributed by atoms with van der Waals surface area (Å²) in [4.78, 5) is 24.6. The van der Waals surface area contributed by atoms with Crippen LogP contribution in [0, 0.1) is 0 Å². The number of β-lactam (4-membered cyclic amide) rings is 1. The number of carbonyl (C=O) groups is 2. The van der Waals surface area contributed by atoms with Gasteiger partial charge in [0.25, 0.3) is 5.91 Å². The minimum Gasteiger partial charge on any atom is -0.508 e. The fourth-order valence-corrected chi connectivity index (χ4v) is 3.52. The molecule has 26 heavy (non-hydrogen) atoms. The molecule has 132 valence electrons. The van der Waals surface area contributed by atoms with E-state index in [9.17, 15) is 14.7 Å². The average Bonchev–Trinajstić information content (AvgIpc) is 3.09. The number of nitrogens with zero attached hydrogens (tertiary/aromatic N) is 2. The van der Waals surface area contributed by atoms with Crippen LogP contribution in [0.15, 0.2) is 60.8 Å². The standard InChI is InChI=1S/C19H16ClN3O3/c20-17-18(13-5-7-14(24)8-6-13)23(19(17)26)21-11-16(25)22-10-9-12-3-1-2-4-15(12)22/h1-10,17-18,21,24H,11H2. The van der Waals surface area contributed by atoms with Crippen LogP contribution in [-0.2, 0) is 4.79 Å². The van der Waals surface area contributed by atoms with Gasteiger partial charge in [-0.3, -0.25) is 19.2 Å². The highest BCUT2D eigenvalue weighted by molar-refractivity contribution is 6.33. The summed E-state index contributed by atoms with van der Waals surface area (Å²) in [5.74, 6) is -0.323. The average molecular weight is 370 g/mol. The number of carbonyl (C=O) groups excluding carboxylic acids is 2. The third kappa shape index (κ3) is 2.73. The molecule has 3 aromatic rings. The lowest BCUT2D eigenvalue weighted by molar-refractivity contribution is -0.150. The van der Waals surface area contributed by atoms with Gasteiger partial charge in [-0.2, -0.15) is 0 Å². The van der Waals surface area contributed by atoms with Gasteiger partial charge < -0.3 is 5.11 Å². The first-order valence-electron chi connectivity index (χ1n) is 8.15. The summed E-state index contributed by atoms with van der Waals surface area (Å²) in [6.45, 7) is -0.0391. The molecular formula is C19H16ClN3O3. The Labute approximate surface area is 154 Å². The van der Waals surface area contributed by atoms with Crippen LogP contribution >= 0.6 is 11.6 Å². The van der Waals surface area contributed by atoms with Crippen molar-refractivity contribution in [2.45, 2.75) is 11.4 Å². The Morgan fingerprint density at radius 2 is 1.85 bits per heavy atom. The second-order valence-corrected chi connectivity index (χ2v) is 6.59. The topological polar surface area (TPSA) is 74.6 Å². The summed E-state index contributed by atoms with van der Waals surface area (Å²) < 4.78 is 1.56. The van der Waals surface area contributed by atoms with E-state index in [1.807, 2.05) is 30.3 Å². The van der Waals surface area contributed by atoms with Crippen molar-refractivity contribution < 1.29 is 14.7 Å². The van der Waals surface area contributed by atoms with Crippen molar-refractivity contribution in [3.8, 4) is 5.75 Å². The van der Waals surface area contributed by atoms with E-state index >= 15 is 0 Å². The van der Waals surface area contributed by atoms with E-state index in [0.29, 0.717) is 0 Å². The Morgan fingerprint density at radius 1 is 1.12 bits per heavy atom. The molecule has 4 rings (SSSR count). The third-order valence-electron chi connectivity index (χ3n) is 4.53. The van der Waals surface area contributed by atoms with Gasteiger partial charge in [0, 0.05) is 11.6 Å². The van der Waals surface area contributed by atoms with E-state index in [1.54, 1.807) is 22.9 Å².